The van der Waals surface area contributed by atoms with Crippen molar-refractivity contribution in [3.05, 3.63) is 29.3 Å². The summed E-state index contributed by atoms with van der Waals surface area (Å²) in [7, 11) is 0. The molecule has 1 aromatic rings. The second-order valence-corrected chi connectivity index (χ2v) is 2.59. The van der Waals surface area contributed by atoms with Crippen LogP contribution in [0.4, 0.5) is 0 Å². The number of ether oxygens (including phenoxy) is 1. The van der Waals surface area contributed by atoms with Gasteiger partial charge in [-0.15, -0.1) is 0 Å². The van der Waals surface area contributed by atoms with Gasteiger partial charge in [0.05, 0.1) is 0 Å². The summed E-state index contributed by atoms with van der Waals surface area (Å²) in [5.74, 6) is -2.86. The van der Waals surface area contributed by atoms with Gasteiger partial charge >= 0.3 is 11.9 Å². The van der Waals surface area contributed by atoms with Crippen molar-refractivity contribution in [1.29, 1.82) is 0 Å². The van der Waals surface area contributed by atoms with Crippen LogP contribution in [0.3, 0.4) is 0 Å². The summed E-state index contributed by atoms with van der Waals surface area (Å²) in [4.78, 5) is 20.6. The Morgan fingerprint density at radius 2 is 2.00 bits per heavy atom. The topological polar surface area (TPSA) is 63.6 Å². The van der Waals surface area contributed by atoms with Gasteiger partial charge in [0, 0.05) is 31.2 Å². The van der Waals surface area contributed by atoms with E-state index >= 15 is 0 Å². The number of benzene rings is 1. The fraction of sp³-hybridized carbons (Fsp3) is 0. The smallest absolute Gasteiger partial charge is 0.422 e. The van der Waals surface area contributed by atoms with Gasteiger partial charge < -0.3 is 9.84 Å². The average molecular weight is 410 g/mol. The minimum atomic E-state index is -1.64. The number of aliphatic carboxylic acids is 1. The third kappa shape index (κ3) is 4.03. The Bertz CT molecular complexity index is 353. The van der Waals surface area contributed by atoms with Gasteiger partial charge in [0.25, 0.3) is 0 Å². The molecular formula is C8H5BiClO4. The number of halogens is 1. The van der Waals surface area contributed by atoms with Crippen molar-refractivity contribution in [2.45, 2.75) is 0 Å². The zero-order valence-electron chi connectivity index (χ0n) is 6.81. The fourth-order valence-electron chi connectivity index (χ4n) is 0.681. The van der Waals surface area contributed by atoms with E-state index in [0.717, 1.165) is 0 Å². The number of carbonyl (C=O) groups is 2. The molecule has 0 aliphatic rings. The molecular weight excluding hydrogens is 405 g/mol. The zero-order valence-corrected chi connectivity index (χ0v) is 11.0. The van der Waals surface area contributed by atoms with Gasteiger partial charge in [-0.25, -0.2) is 9.59 Å². The SMILES string of the molecule is O=C(O)C(=O)Oc1cccc(Cl)c1.[Bi]. The van der Waals surface area contributed by atoms with Crippen LogP contribution in [0.2, 0.25) is 5.02 Å². The molecule has 0 saturated heterocycles. The van der Waals surface area contributed by atoms with Crippen molar-refractivity contribution in [3.8, 4) is 5.75 Å². The third-order valence-electron chi connectivity index (χ3n) is 1.18. The van der Waals surface area contributed by atoms with Crippen LogP contribution < -0.4 is 4.74 Å². The number of carboxylic acids is 1. The predicted molar refractivity (Wildman–Crippen MR) is 50.5 cm³/mol. The first-order valence-electron chi connectivity index (χ1n) is 3.30. The van der Waals surface area contributed by atoms with Crippen molar-refractivity contribution in [2.24, 2.45) is 0 Å². The molecule has 1 N–H and O–H groups in total. The van der Waals surface area contributed by atoms with Crippen LogP contribution in [-0.4, -0.2) is 43.2 Å². The predicted octanol–water partition coefficient (Wildman–Crippen LogP) is 0.949. The minimum absolute atomic E-state index is 0. The Morgan fingerprint density at radius 3 is 2.50 bits per heavy atom. The molecule has 0 aliphatic carbocycles. The van der Waals surface area contributed by atoms with Gasteiger partial charge in [0.15, 0.2) is 0 Å². The van der Waals surface area contributed by atoms with E-state index in [1.165, 1.54) is 12.1 Å². The first-order chi connectivity index (χ1) is 6.09. The van der Waals surface area contributed by atoms with Gasteiger partial charge in [-0.05, 0) is 18.2 Å². The normalized spacial score (nSPS) is 8.64. The van der Waals surface area contributed by atoms with E-state index in [-0.39, 0.29) is 32.0 Å². The molecule has 73 valence electrons. The van der Waals surface area contributed by atoms with E-state index in [4.69, 9.17) is 16.7 Å². The molecule has 0 saturated carbocycles. The largest absolute Gasteiger partial charge is 0.473 e. The van der Waals surface area contributed by atoms with E-state index in [0.29, 0.717) is 5.02 Å². The third-order valence-corrected chi connectivity index (χ3v) is 1.42. The average Bonchev–Trinajstić information content (AvgIpc) is 2.04. The molecule has 0 atom stereocenters. The first-order valence-corrected chi connectivity index (χ1v) is 3.68. The van der Waals surface area contributed by atoms with Crippen LogP contribution in [0.15, 0.2) is 24.3 Å². The molecule has 1 aromatic carbocycles. The van der Waals surface area contributed by atoms with Gasteiger partial charge in [0.2, 0.25) is 0 Å². The maximum atomic E-state index is 10.6. The molecule has 0 amide bonds. The Kier molecular flexibility index (Phi) is 5.66. The Labute approximate surface area is 104 Å². The molecule has 14 heavy (non-hydrogen) atoms. The summed E-state index contributed by atoms with van der Waals surface area (Å²) in [5, 5.41) is 8.58. The van der Waals surface area contributed by atoms with E-state index in [1.807, 2.05) is 0 Å². The number of esters is 1. The Balaban J connectivity index is 0.00000169. The number of carboxylic acid groups (broad SMARTS) is 1. The van der Waals surface area contributed by atoms with Crippen LogP contribution in [0, 0.1) is 0 Å². The first kappa shape index (κ1) is 13.3. The second-order valence-electron chi connectivity index (χ2n) is 2.15. The van der Waals surface area contributed by atoms with Gasteiger partial charge in [-0.2, -0.15) is 0 Å². The van der Waals surface area contributed by atoms with Crippen LogP contribution in [-0.2, 0) is 9.59 Å². The van der Waals surface area contributed by atoms with Crippen LogP contribution in [0.1, 0.15) is 0 Å². The summed E-state index contributed by atoms with van der Waals surface area (Å²) >= 11 is 5.57. The maximum Gasteiger partial charge on any atom is 0.422 e. The Hall–Kier alpha value is -0.667. The van der Waals surface area contributed by atoms with Gasteiger partial charge in [-0.3, -0.25) is 0 Å². The number of hydrogen-bond donors (Lipinski definition) is 1. The quantitative estimate of drug-likeness (QED) is 0.325. The molecule has 1 rings (SSSR count). The monoisotopic (exact) mass is 409 g/mol. The molecule has 0 spiro atoms. The molecule has 3 radical (unpaired) electrons. The van der Waals surface area contributed by atoms with Crippen molar-refractivity contribution in [2.75, 3.05) is 0 Å². The molecule has 0 aliphatic heterocycles. The molecule has 0 aromatic heterocycles. The zero-order chi connectivity index (χ0) is 9.84. The summed E-state index contributed by atoms with van der Waals surface area (Å²) in [6.07, 6.45) is 0. The molecule has 0 fully saturated rings. The molecule has 0 bridgehead atoms. The van der Waals surface area contributed by atoms with Gasteiger partial charge in [0.1, 0.15) is 5.75 Å². The maximum absolute atomic E-state index is 10.6. The van der Waals surface area contributed by atoms with E-state index in [9.17, 15) is 9.59 Å². The number of hydrogen-bond acceptors (Lipinski definition) is 3. The van der Waals surface area contributed by atoms with Crippen molar-refractivity contribution in [3.63, 3.8) is 0 Å². The Morgan fingerprint density at radius 1 is 1.36 bits per heavy atom. The molecule has 0 heterocycles. The molecule has 0 unspecified atom stereocenters. The summed E-state index contributed by atoms with van der Waals surface area (Å²) in [6, 6.07) is 5.92. The van der Waals surface area contributed by atoms with Crippen molar-refractivity contribution in [1.82, 2.24) is 0 Å². The van der Waals surface area contributed by atoms with Crippen LogP contribution >= 0.6 is 11.6 Å². The van der Waals surface area contributed by atoms with Crippen LogP contribution in [0.25, 0.3) is 0 Å². The summed E-state index contributed by atoms with van der Waals surface area (Å²) in [6.45, 7) is 0. The number of rotatable bonds is 1. The van der Waals surface area contributed by atoms with E-state index < -0.39 is 11.9 Å². The molecule has 4 nitrogen and oxygen atoms in total. The number of carbonyl (C=O) groups excluding carboxylic acids is 1. The summed E-state index contributed by atoms with van der Waals surface area (Å²) < 4.78 is 4.43. The summed E-state index contributed by atoms with van der Waals surface area (Å²) in [5.41, 5.74) is 0. The van der Waals surface area contributed by atoms with Crippen LogP contribution in [0.5, 0.6) is 5.75 Å². The van der Waals surface area contributed by atoms with Crippen molar-refractivity contribution >= 4 is 49.7 Å². The van der Waals surface area contributed by atoms with E-state index in [2.05, 4.69) is 4.74 Å². The van der Waals surface area contributed by atoms with Gasteiger partial charge in [-0.1, -0.05) is 17.7 Å². The van der Waals surface area contributed by atoms with Crippen molar-refractivity contribution < 1.29 is 19.4 Å². The van der Waals surface area contributed by atoms with E-state index in [1.54, 1.807) is 12.1 Å². The fourth-order valence-corrected chi connectivity index (χ4v) is 0.861. The standard InChI is InChI=1S/C8H5ClO4.Bi/c9-5-2-1-3-6(4-5)13-8(12)7(10)11;/h1-4H,(H,10,11);. The minimum Gasteiger partial charge on any atom is -0.473 e. The second kappa shape index (κ2) is 5.94. The molecule has 6 heteroatoms.